The van der Waals surface area contributed by atoms with E-state index in [-0.39, 0.29) is 41.2 Å². The maximum Gasteiger partial charge on any atom is 0.264 e. The first-order chi connectivity index (χ1) is 23.0. The SMILES string of the molecule is CC[C@H](C)NC(=O)[C@@H](Cc1ccccc1)N(Cc1ccc(F)cc1)C(=O)CN(c1ccc(OC)c(OC)c1)S(=O)(=O)c1ccc(C)cc1. The molecule has 4 aromatic rings. The Hall–Kier alpha value is -4.90. The van der Waals surface area contributed by atoms with E-state index in [4.69, 9.17) is 9.47 Å². The minimum absolute atomic E-state index is 0.0175. The van der Waals surface area contributed by atoms with Crippen molar-refractivity contribution < 1.29 is 31.9 Å². The van der Waals surface area contributed by atoms with E-state index in [1.54, 1.807) is 18.2 Å². The molecule has 0 heterocycles. The summed E-state index contributed by atoms with van der Waals surface area (Å²) in [6, 6.07) is 24.6. The number of carbonyl (C=O) groups is 2. The van der Waals surface area contributed by atoms with Gasteiger partial charge in [-0.3, -0.25) is 13.9 Å². The molecule has 2 amide bonds. The van der Waals surface area contributed by atoms with Crippen LogP contribution in [0.4, 0.5) is 10.1 Å². The molecule has 0 saturated heterocycles. The predicted octanol–water partition coefficient (Wildman–Crippen LogP) is 5.90. The Labute approximate surface area is 282 Å². The van der Waals surface area contributed by atoms with E-state index in [0.29, 0.717) is 17.7 Å². The van der Waals surface area contributed by atoms with Gasteiger partial charge in [-0.1, -0.05) is 67.1 Å². The molecule has 9 nitrogen and oxygen atoms in total. The van der Waals surface area contributed by atoms with E-state index in [9.17, 15) is 22.4 Å². The Morgan fingerprint density at radius 3 is 2.10 bits per heavy atom. The molecule has 2 atom stereocenters. The van der Waals surface area contributed by atoms with Gasteiger partial charge in [0.1, 0.15) is 18.4 Å². The molecule has 0 bridgehead atoms. The van der Waals surface area contributed by atoms with Crippen LogP contribution in [0.2, 0.25) is 0 Å². The van der Waals surface area contributed by atoms with Crippen LogP contribution in [-0.2, 0) is 32.6 Å². The van der Waals surface area contributed by atoms with Crippen molar-refractivity contribution in [3.05, 3.63) is 120 Å². The fourth-order valence-corrected chi connectivity index (χ4v) is 6.53. The van der Waals surface area contributed by atoms with Gasteiger partial charge < -0.3 is 19.7 Å². The van der Waals surface area contributed by atoms with E-state index < -0.39 is 34.3 Å². The van der Waals surface area contributed by atoms with Crippen molar-refractivity contribution >= 4 is 27.5 Å². The van der Waals surface area contributed by atoms with Crippen LogP contribution in [-0.4, -0.2) is 58.0 Å². The summed E-state index contributed by atoms with van der Waals surface area (Å²) in [4.78, 5) is 29.9. The molecule has 0 aliphatic rings. The summed E-state index contributed by atoms with van der Waals surface area (Å²) in [5.41, 5.74) is 2.40. The molecular weight excluding hydrogens is 633 g/mol. The average Bonchev–Trinajstić information content (AvgIpc) is 3.09. The fraction of sp³-hybridized carbons (Fsp3) is 0.297. The van der Waals surface area contributed by atoms with Gasteiger partial charge in [-0.2, -0.15) is 0 Å². The first-order valence-electron chi connectivity index (χ1n) is 15.7. The number of halogens is 1. The third kappa shape index (κ3) is 8.92. The molecule has 4 aromatic carbocycles. The van der Waals surface area contributed by atoms with Gasteiger partial charge in [0.25, 0.3) is 10.0 Å². The van der Waals surface area contributed by atoms with Crippen molar-refractivity contribution in [2.45, 2.75) is 57.1 Å². The van der Waals surface area contributed by atoms with Gasteiger partial charge in [-0.15, -0.1) is 0 Å². The van der Waals surface area contributed by atoms with Crippen molar-refractivity contribution in [2.75, 3.05) is 25.1 Å². The lowest BCUT2D eigenvalue weighted by Crippen LogP contribution is -2.54. The minimum atomic E-state index is -4.31. The Balaban J connectivity index is 1.84. The van der Waals surface area contributed by atoms with E-state index in [0.717, 1.165) is 15.4 Å². The minimum Gasteiger partial charge on any atom is -0.493 e. The van der Waals surface area contributed by atoms with Crippen LogP contribution in [0.1, 0.15) is 37.0 Å². The van der Waals surface area contributed by atoms with Gasteiger partial charge in [0.05, 0.1) is 24.8 Å². The molecule has 0 fully saturated rings. The van der Waals surface area contributed by atoms with Gasteiger partial charge in [0.2, 0.25) is 11.8 Å². The topological polar surface area (TPSA) is 105 Å². The van der Waals surface area contributed by atoms with Gasteiger partial charge in [-0.25, -0.2) is 12.8 Å². The highest BCUT2D eigenvalue weighted by Crippen LogP contribution is 2.34. The zero-order valence-corrected chi connectivity index (χ0v) is 28.7. The van der Waals surface area contributed by atoms with E-state index >= 15 is 0 Å². The lowest BCUT2D eigenvalue weighted by atomic mass is 10.0. The summed E-state index contributed by atoms with van der Waals surface area (Å²) in [5, 5.41) is 3.00. The van der Waals surface area contributed by atoms with Crippen molar-refractivity contribution in [2.24, 2.45) is 0 Å². The first-order valence-corrected chi connectivity index (χ1v) is 17.1. The van der Waals surface area contributed by atoms with Crippen LogP contribution in [0, 0.1) is 12.7 Å². The molecular formula is C37H42FN3O6S. The zero-order chi connectivity index (χ0) is 34.8. The molecule has 0 aliphatic heterocycles. The number of anilines is 1. The number of rotatable bonds is 15. The smallest absolute Gasteiger partial charge is 0.264 e. The molecule has 1 N–H and O–H groups in total. The monoisotopic (exact) mass is 675 g/mol. The van der Waals surface area contributed by atoms with E-state index in [2.05, 4.69) is 5.32 Å². The molecule has 0 saturated carbocycles. The lowest BCUT2D eigenvalue weighted by molar-refractivity contribution is -0.140. The van der Waals surface area contributed by atoms with Gasteiger partial charge in [-0.05, 0) is 67.8 Å². The molecule has 0 radical (unpaired) electrons. The number of benzene rings is 4. The van der Waals surface area contributed by atoms with Crippen molar-refractivity contribution in [1.29, 1.82) is 0 Å². The number of amides is 2. The Morgan fingerprint density at radius 1 is 0.854 bits per heavy atom. The zero-order valence-electron chi connectivity index (χ0n) is 27.9. The number of carbonyl (C=O) groups excluding carboxylic acids is 2. The third-order valence-electron chi connectivity index (χ3n) is 8.08. The number of aryl methyl sites for hydroxylation is 1. The third-order valence-corrected chi connectivity index (χ3v) is 9.87. The number of ether oxygens (including phenoxy) is 2. The molecule has 254 valence electrons. The molecule has 0 unspecified atom stereocenters. The van der Waals surface area contributed by atoms with Gasteiger partial charge in [0, 0.05) is 25.1 Å². The highest BCUT2D eigenvalue weighted by Gasteiger charge is 2.35. The quantitative estimate of drug-likeness (QED) is 0.168. The summed E-state index contributed by atoms with van der Waals surface area (Å²) in [7, 11) is -1.42. The van der Waals surface area contributed by atoms with E-state index in [1.807, 2.05) is 51.1 Å². The van der Waals surface area contributed by atoms with Crippen LogP contribution in [0.5, 0.6) is 11.5 Å². The summed E-state index contributed by atoms with van der Waals surface area (Å²) in [6.45, 7) is 4.94. The standard InChI is InChI=1S/C37H42FN3O6S/c1-6-27(3)39-37(43)33(22-28-10-8-7-9-11-28)40(24-29-14-16-30(38)17-15-29)36(42)25-41(31-18-21-34(46-4)35(23-31)47-5)48(44,45)32-19-12-26(2)13-20-32/h7-21,23,27,33H,6,22,24-25H2,1-5H3,(H,39,43)/t27-,33+/m0/s1. The second-order valence-electron chi connectivity index (χ2n) is 11.5. The summed E-state index contributed by atoms with van der Waals surface area (Å²) < 4.78 is 54.3. The lowest BCUT2D eigenvalue weighted by Gasteiger charge is -2.34. The second-order valence-corrected chi connectivity index (χ2v) is 13.4. The van der Waals surface area contributed by atoms with Crippen LogP contribution in [0.3, 0.4) is 0 Å². The Morgan fingerprint density at radius 2 is 1.50 bits per heavy atom. The summed E-state index contributed by atoms with van der Waals surface area (Å²) in [5.74, 6) is -0.823. The normalized spacial score (nSPS) is 12.5. The second kappa shape index (κ2) is 16.3. The predicted molar refractivity (Wildman–Crippen MR) is 184 cm³/mol. The van der Waals surface area contributed by atoms with Crippen LogP contribution in [0.15, 0.2) is 102 Å². The first kappa shape index (κ1) is 35.9. The molecule has 0 aliphatic carbocycles. The number of methoxy groups -OCH3 is 2. The molecule has 11 heteroatoms. The number of sulfonamides is 1. The number of hydrogen-bond donors (Lipinski definition) is 1. The van der Waals surface area contributed by atoms with Crippen molar-refractivity contribution in [1.82, 2.24) is 10.2 Å². The van der Waals surface area contributed by atoms with Crippen LogP contribution < -0.4 is 19.1 Å². The van der Waals surface area contributed by atoms with Crippen molar-refractivity contribution in [3.63, 3.8) is 0 Å². The Bertz CT molecular complexity index is 1780. The largest absolute Gasteiger partial charge is 0.493 e. The van der Waals surface area contributed by atoms with Gasteiger partial charge in [0.15, 0.2) is 11.5 Å². The van der Waals surface area contributed by atoms with Crippen LogP contribution in [0.25, 0.3) is 0 Å². The molecule has 4 rings (SSSR count). The molecule has 0 aromatic heterocycles. The average molecular weight is 676 g/mol. The summed E-state index contributed by atoms with van der Waals surface area (Å²) in [6.07, 6.45) is 0.828. The van der Waals surface area contributed by atoms with E-state index in [1.165, 1.54) is 67.7 Å². The molecule has 48 heavy (non-hydrogen) atoms. The maximum atomic E-state index is 14.6. The summed E-state index contributed by atoms with van der Waals surface area (Å²) >= 11 is 0. The highest BCUT2D eigenvalue weighted by atomic mass is 32.2. The van der Waals surface area contributed by atoms with Gasteiger partial charge >= 0.3 is 0 Å². The maximum absolute atomic E-state index is 14.6. The number of nitrogens with one attached hydrogen (secondary N) is 1. The van der Waals surface area contributed by atoms with Crippen LogP contribution >= 0.6 is 0 Å². The fourth-order valence-electron chi connectivity index (χ4n) is 5.13. The number of nitrogens with zero attached hydrogens (tertiary/aromatic N) is 2. The number of hydrogen-bond acceptors (Lipinski definition) is 6. The Kier molecular flexibility index (Phi) is 12.2. The van der Waals surface area contributed by atoms with Crippen molar-refractivity contribution in [3.8, 4) is 11.5 Å². The molecule has 0 spiro atoms. The highest BCUT2D eigenvalue weighted by molar-refractivity contribution is 7.92.